The Morgan fingerprint density at radius 2 is 2.12 bits per heavy atom. The molecule has 1 aromatic heterocycles. The number of benzene rings is 1. The molecule has 0 atom stereocenters. The second kappa shape index (κ2) is 6.96. The first-order valence-corrected chi connectivity index (χ1v) is 8.30. The van der Waals surface area contributed by atoms with Crippen LogP contribution in [0.2, 0.25) is 0 Å². The second-order valence-electron chi connectivity index (χ2n) is 5.47. The normalized spacial score (nSPS) is 15.2. The minimum atomic E-state index is -0.469. The molecule has 1 N–H and O–H groups in total. The van der Waals surface area contributed by atoms with Crippen molar-refractivity contribution in [3.05, 3.63) is 56.7 Å². The lowest BCUT2D eigenvalue weighted by Crippen LogP contribution is -2.23. The first-order valence-electron chi connectivity index (χ1n) is 7.49. The summed E-state index contributed by atoms with van der Waals surface area (Å²) < 4.78 is 5.71. The van der Waals surface area contributed by atoms with Crippen LogP contribution in [0.3, 0.4) is 0 Å². The van der Waals surface area contributed by atoms with Crippen LogP contribution in [0.4, 0.5) is 5.69 Å². The maximum Gasteiger partial charge on any atom is 0.286 e. The average Bonchev–Trinajstić information content (AvgIpc) is 3.14. The number of aryl methyl sites for hydroxylation is 1. The van der Waals surface area contributed by atoms with E-state index in [9.17, 15) is 19.7 Å². The maximum absolute atomic E-state index is 11.9. The Labute approximate surface area is 152 Å². The van der Waals surface area contributed by atoms with Crippen LogP contribution in [0.15, 0.2) is 44.6 Å². The van der Waals surface area contributed by atoms with Crippen molar-refractivity contribution in [3.63, 3.8) is 0 Å². The predicted molar refractivity (Wildman–Crippen MR) is 97.4 cm³/mol. The van der Waals surface area contributed by atoms with Crippen molar-refractivity contribution < 1.29 is 18.9 Å². The van der Waals surface area contributed by atoms with Gasteiger partial charge in [-0.05, 0) is 36.4 Å². The van der Waals surface area contributed by atoms with Gasteiger partial charge in [0.25, 0.3) is 11.6 Å². The van der Waals surface area contributed by atoms with Gasteiger partial charge in [-0.15, -0.1) is 0 Å². The molecule has 3 rings (SSSR count). The molecular formula is C17H13N3O5S. The van der Waals surface area contributed by atoms with Gasteiger partial charge < -0.3 is 9.73 Å². The largest absolute Gasteiger partial charge is 0.457 e. The van der Waals surface area contributed by atoms with Crippen molar-refractivity contribution in [1.29, 1.82) is 0 Å². The molecule has 0 saturated heterocycles. The minimum Gasteiger partial charge on any atom is -0.457 e. The van der Waals surface area contributed by atoms with E-state index < -0.39 is 10.8 Å². The predicted octanol–water partition coefficient (Wildman–Crippen LogP) is 3.27. The van der Waals surface area contributed by atoms with Crippen molar-refractivity contribution in [3.8, 4) is 11.3 Å². The van der Waals surface area contributed by atoms with Crippen molar-refractivity contribution in [2.24, 2.45) is 4.99 Å². The molecule has 0 unspecified atom stereocenters. The van der Waals surface area contributed by atoms with E-state index in [1.54, 1.807) is 18.2 Å². The number of aliphatic imine (C=N–C) groups is 1. The number of hydrogen-bond acceptors (Lipinski definition) is 6. The SMILES string of the molecule is CC(=O)NC1=NC(=O)C(=Cc2ccc(-c3cc([N+](=O)[O-])ccc3C)o2)S1. The van der Waals surface area contributed by atoms with E-state index >= 15 is 0 Å². The summed E-state index contributed by atoms with van der Waals surface area (Å²) in [5.74, 6) is 0.0764. The number of thioether (sulfide) groups is 1. The number of non-ortho nitro benzene ring substituents is 1. The number of carbonyl (C=O) groups is 2. The van der Waals surface area contributed by atoms with E-state index in [2.05, 4.69) is 10.3 Å². The molecule has 2 amide bonds. The van der Waals surface area contributed by atoms with E-state index in [1.807, 2.05) is 6.92 Å². The van der Waals surface area contributed by atoms with Crippen LogP contribution in [-0.4, -0.2) is 21.9 Å². The van der Waals surface area contributed by atoms with Gasteiger partial charge in [-0.1, -0.05) is 6.07 Å². The summed E-state index contributed by atoms with van der Waals surface area (Å²) in [6, 6.07) is 7.86. The zero-order chi connectivity index (χ0) is 18.8. The van der Waals surface area contributed by atoms with Crippen LogP contribution in [0.5, 0.6) is 0 Å². The van der Waals surface area contributed by atoms with Crippen LogP contribution in [0, 0.1) is 17.0 Å². The number of nitrogens with one attached hydrogen (secondary N) is 1. The fraction of sp³-hybridized carbons (Fsp3) is 0.118. The van der Waals surface area contributed by atoms with Crippen molar-refractivity contribution in [1.82, 2.24) is 5.32 Å². The second-order valence-corrected chi connectivity index (χ2v) is 6.50. The lowest BCUT2D eigenvalue weighted by atomic mass is 10.1. The zero-order valence-electron chi connectivity index (χ0n) is 13.8. The van der Waals surface area contributed by atoms with Gasteiger partial charge in [0.1, 0.15) is 11.5 Å². The Kier molecular flexibility index (Phi) is 4.72. The van der Waals surface area contributed by atoms with Gasteiger partial charge in [0.2, 0.25) is 5.91 Å². The van der Waals surface area contributed by atoms with Gasteiger partial charge in [-0.25, -0.2) is 0 Å². The van der Waals surface area contributed by atoms with E-state index in [0.717, 1.165) is 17.3 Å². The van der Waals surface area contributed by atoms with E-state index in [-0.39, 0.29) is 16.8 Å². The standard InChI is InChI=1S/C17H13N3O5S/c1-9-3-4-11(20(23)24)7-13(9)14-6-5-12(25-14)8-15-16(22)19-17(26-15)18-10(2)21/h3-8H,1-2H3,(H,18,19,21,22). The first kappa shape index (κ1) is 17.6. The molecule has 0 bridgehead atoms. The quantitative estimate of drug-likeness (QED) is 0.503. The summed E-state index contributed by atoms with van der Waals surface area (Å²) in [5, 5.41) is 13.6. The molecule has 1 aromatic carbocycles. The molecule has 132 valence electrons. The van der Waals surface area contributed by atoms with E-state index in [1.165, 1.54) is 25.1 Å². The summed E-state index contributed by atoms with van der Waals surface area (Å²) in [5.41, 5.74) is 1.40. The lowest BCUT2D eigenvalue weighted by molar-refractivity contribution is -0.384. The molecule has 1 aliphatic heterocycles. The molecule has 0 aliphatic carbocycles. The van der Waals surface area contributed by atoms with Crippen LogP contribution < -0.4 is 5.32 Å². The summed E-state index contributed by atoms with van der Waals surface area (Å²) in [7, 11) is 0. The molecule has 26 heavy (non-hydrogen) atoms. The topological polar surface area (TPSA) is 115 Å². The van der Waals surface area contributed by atoms with Gasteiger partial charge in [-0.2, -0.15) is 4.99 Å². The van der Waals surface area contributed by atoms with Crippen LogP contribution in [-0.2, 0) is 9.59 Å². The third-order valence-corrected chi connectivity index (χ3v) is 4.40. The molecule has 2 aromatic rings. The molecule has 8 nitrogen and oxygen atoms in total. The van der Waals surface area contributed by atoms with Crippen molar-refractivity contribution in [2.45, 2.75) is 13.8 Å². The van der Waals surface area contributed by atoms with Crippen molar-refractivity contribution >= 4 is 40.5 Å². The van der Waals surface area contributed by atoms with Gasteiger partial charge in [0, 0.05) is 30.7 Å². The maximum atomic E-state index is 11.9. The van der Waals surface area contributed by atoms with Crippen molar-refractivity contribution in [2.75, 3.05) is 0 Å². The number of hydrogen-bond donors (Lipinski definition) is 1. The Hall–Kier alpha value is -3.20. The highest BCUT2D eigenvalue weighted by Gasteiger charge is 2.23. The molecule has 2 heterocycles. The highest BCUT2D eigenvalue weighted by atomic mass is 32.2. The molecule has 0 saturated carbocycles. The van der Waals surface area contributed by atoms with E-state index in [4.69, 9.17) is 4.42 Å². The number of furan rings is 1. The smallest absolute Gasteiger partial charge is 0.286 e. The van der Waals surface area contributed by atoms with E-state index in [0.29, 0.717) is 22.0 Å². The summed E-state index contributed by atoms with van der Waals surface area (Å²) in [4.78, 5) is 37.5. The number of carbonyl (C=O) groups excluding carboxylic acids is 2. The van der Waals surface area contributed by atoms with Crippen LogP contribution >= 0.6 is 11.8 Å². The Morgan fingerprint density at radius 1 is 1.35 bits per heavy atom. The van der Waals surface area contributed by atoms with Gasteiger partial charge in [0.15, 0.2) is 5.17 Å². The van der Waals surface area contributed by atoms with Gasteiger partial charge in [0.05, 0.1) is 9.83 Å². The Balaban J connectivity index is 1.86. The third kappa shape index (κ3) is 3.72. The fourth-order valence-electron chi connectivity index (χ4n) is 2.31. The molecular weight excluding hydrogens is 358 g/mol. The molecule has 0 spiro atoms. The summed E-state index contributed by atoms with van der Waals surface area (Å²) >= 11 is 1.04. The third-order valence-electron chi connectivity index (χ3n) is 3.50. The fourth-order valence-corrected chi connectivity index (χ4v) is 3.15. The minimum absolute atomic E-state index is 0.0308. The van der Waals surface area contributed by atoms with Crippen LogP contribution in [0.25, 0.3) is 17.4 Å². The molecule has 1 aliphatic rings. The zero-order valence-corrected chi connectivity index (χ0v) is 14.6. The highest BCUT2D eigenvalue weighted by Crippen LogP contribution is 2.32. The number of amides is 2. The van der Waals surface area contributed by atoms with Crippen LogP contribution in [0.1, 0.15) is 18.2 Å². The summed E-state index contributed by atoms with van der Waals surface area (Å²) in [6.45, 7) is 3.15. The highest BCUT2D eigenvalue weighted by molar-refractivity contribution is 8.18. The Morgan fingerprint density at radius 3 is 2.81 bits per heavy atom. The number of nitro groups is 1. The summed E-state index contributed by atoms with van der Waals surface area (Å²) in [6.07, 6.45) is 1.52. The lowest BCUT2D eigenvalue weighted by Gasteiger charge is -2.02. The van der Waals surface area contributed by atoms with Gasteiger partial charge >= 0.3 is 0 Å². The first-order chi connectivity index (χ1) is 12.3. The molecule has 0 fully saturated rings. The average molecular weight is 371 g/mol. The number of nitrogens with zero attached hydrogens (tertiary/aromatic N) is 2. The Bertz CT molecular complexity index is 990. The molecule has 9 heteroatoms. The molecule has 0 radical (unpaired) electrons. The number of nitro benzene ring substituents is 1. The number of rotatable bonds is 3. The number of amidine groups is 1. The monoisotopic (exact) mass is 371 g/mol. The van der Waals surface area contributed by atoms with Gasteiger partial charge in [-0.3, -0.25) is 19.7 Å².